The number of carbonyl (C=O) groups excluding carboxylic acids is 1. The lowest BCUT2D eigenvalue weighted by atomic mass is 10.2. The Morgan fingerprint density at radius 1 is 1.08 bits per heavy atom. The van der Waals surface area contributed by atoms with Gasteiger partial charge in [0.05, 0.1) is 11.9 Å². The largest absolute Gasteiger partial charge is 0.327 e. The fourth-order valence-corrected chi connectivity index (χ4v) is 2.94. The Morgan fingerprint density at radius 3 is 2.52 bits per heavy atom. The fraction of sp³-hybridized carbons (Fsp3) is 0.100. The Kier molecular flexibility index (Phi) is 5.46. The molecule has 0 aliphatic carbocycles. The number of amides is 1. The van der Waals surface area contributed by atoms with Crippen molar-refractivity contribution in [3.8, 4) is 0 Å². The van der Waals surface area contributed by atoms with E-state index in [0.29, 0.717) is 11.3 Å². The topological polar surface area (TPSA) is 45.2 Å². The lowest BCUT2D eigenvalue weighted by molar-refractivity contribution is 0.102. The van der Waals surface area contributed by atoms with Crippen LogP contribution < -0.4 is 10.2 Å². The van der Waals surface area contributed by atoms with Crippen LogP contribution in [0.4, 0.5) is 17.2 Å². The van der Waals surface area contributed by atoms with E-state index in [-0.39, 0.29) is 5.91 Å². The van der Waals surface area contributed by atoms with E-state index in [4.69, 9.17) is 0 Å². The van der Waals surface area contributed by atoms with Crippen LogP contribution in [-0.4, -0.2) is 17.4 Å². The number of carbonyl (C=O) groups is 1. The van der Waals surface area contributed by atoms with Gasteiger partial charge in [-0.1, -0.05) is 40.2 Å². The summed E-state index contributed by atoms with van der Waals surface area (Å²) < 4.78 is 0.870. The number of para-hydroxylation sites is 1. The smallest absolute Gasteiger partial charge is 0.255 e. The minimum atomic E-state index is -0.161. The molecule has 1 amide bonds. The normalized spacial score (nSPS) is 10.3. The van der Waals surface area contributed by atoms with Crippen molar-refractivity contribution in [3.05, 3.63) is 83.0 Å². The van der Waals surface area contributed by atoms with Crippen LogP contribution in [0.5, 0.6) is 0 Å². The Balaban J connectivity index is 1.75. The molecular formula is C20H18BrN3O. The molecule has 0 fully saturated rings. The number of nitrogens with one attached hydrogen (secondary N) is 1. The SMILES string of the molecule is CCN(c1ccccc1)c1ccc(NC(=O)c2cccc(Br)c2)cn1. The van der Waals surface area contributed by atoms with Crippen LogP contribution >= 0.6 is 15.9 Å². The van der Waals surface area contributed by atoms with Gasteiger partial charge in [0.1, 0.15) is 5.82 Å². The van der Waals surface area contributed by atoms with E-state index in [1.54, 1.807) is 18.3 Å². The van der Waals surface area contributed by atoms with Gasteiger partial charge >= 0.3 is 0 Å². The second-order valence-electron chi connectivity index (χ2n) is 5.45. The number of hydrogen-bond donors (Lipinski definition) is 1. The maximum Gasteiger partial charge on any atom is 0.255 e. The summed E-state index contributed by atoms with van der Waals surface area (Å²) in [4.78, 5) is 18.9. The van der Waals surface area contributed by atoms with E-state index in [1.807, 2.05) is 54.6 Å². The van der Waals surface area contributed by atoms with Crippen LogP contribution in [0.15, 0.2) is 77.4 Å². The molecule has 1 N–H and O–H groups in total. The summed E-state index contributed by atoms with van der Waals surface area (Å²) in [7, 11) is 0. The summed E-state index contributed by atoms with van der Waals surface area (Å²) in [6.45, 7) is 2.89. The number of pyridine rings is 1. The molecule has 0 bridgehead atoms. The molecule has 2 aromatic carbocycles. The predicted molar refractivity (Wildman–Crippen MR) is 105 cm³/mol. The monoisotopic (exact) mass is 395 g/mol. The summed E-state index contributed by atoms with van der Waals surface area (Å²) in [6.07, 6.45) is 1.68. The molecule has 0 spiro atoms. The zero-order chi connectivity index (χ0) is 17.6. The lowest BCUT2D eigenvalue weighted by Crippen LogP contribution is -2.17. The van der Waals surface area contributed by atoms with Gasteiger partial charge in [0.25, 0.3) is 5.91 Å². The van der Waals surface area contributed by atoms with Crippen molar-refractivity contribution >= 4 is 39.0 Å². The highest BCUT2D eigenvalue weighted by atomic mass is 79.9. The van der Waals surface area contributed by atoms with Crippen LogP contribution in [0, 0.1) is 0 Å². The third-order valence-corrected chi connectivity index (χ3v) is 4.25. The first-order valence-electron chi connectivity index (χ1n) is 8.03. The van der Waals surface area contributed by atoms with E-state index >= 15 is 0 Å². The van der Waals surface area contributed by atoms with E-state index < -0.39 is 0 Å². The molecule has 0 radical (unpaired) electrons. The molecule has 1 aromatic heterocycles. The maximum atomic E-state index is 12.3. The van der Waals surface area contributed by atoms with Crippen molar-refractivity contribution in [1.29, 1.82) is 0 Å². The Morgan fingerprint density at radius 2 is 1.88 bits per heavy atom. The molecule has 0 unspecified atom stereocenters. The van der Waals surface area contributed by atoms with Crippen molar-refractivity contribution in [3.63, 3.8) is 0 Å². The number of halogens is 1. The molecule has 25 heavy (non-hydrogen) atoms. The van der Waals surface area contributed by atoms with Crippen LogP contribution in [0.1, 0.15) is 17.3 Å². The van der Waals surface area contributed by atoms with Crippen molar-refractivity contribution < 1.29 is 4.79 Å². The van der Waals surface area contributed by atoms with Crippen molar-refractivity contribution in [2.45, 2.75) is 6.92 Å². The van der Waals surface area contributed by atoms with Gasteiger partial charge in [0.2, 0.25) is 0 Å². The van der Waals surface area contributed by atoms with Crippen LogP contribution in [0.2, 0.25) is 0 Å². The number of anilines is 3. The zero-order valence-electron chi connectivity index (χ0n) is 13.8. The lowest BCUT2D eigenvalue weighted by Gasteiger charge is -2.22. The summed E-state index contributed by atoms with van der Waals surface area (Å²) in [5.41, 5.74) is 2.35. The van der Waals surface area contributed by atoms with Crippen LogP contribution in [0.3, 0.4) is 0 Å². The first kappa shape index (κ1) is 17.2. The highest BCUT2D eigenvalue weighted by Crippen LogP contribution is 2.24. The number of benzene rings is 2. The molecule has 0 atom stereocenters. The molecule has 126 valence electrons. The fourth-order valence-electron chi connectivity index (χ4n) is 2.54. The van der Waals surface area contributed by atoms with E-state index in [1.165, 1.54) is 0 Å². The number of nitrogens with zero attached hydrogens (tertiary/aromatic N) is 2. The molecule has 0 aliphatic heterocycles. The van der Waals surface area contributed by atoms with Gasteiger partial charge in [-0.2, -0.15) is 0 Å². The third kappa shape index (κ3) is 4.25. The average Bonchev–Trinajstić information content (AvgIpc) is 2.64. The first-order chi connectivity index (χ1) is 12.2. The van der Waals surface area contributed by atoms with Crippen molar-refractivity contribution in [2.75, 3.05) is 16.8 Å². The Labute approximate surface area is 155 Å². The average molecular weight is 396 g/mol. The molecule has 5 heteroatoms. The molecule has 0 aliphatic rings. The Hall–Kier alpha value is -2.66. The molecule has 3 aromatic rings. The second-order valence-corrected chi connectivity index (χ2v) is 6.37. The van der Waals surface area contributed by atoms with Gasteiger partial charge < -0.3 is 10.2 Å². The predicted octanol–water partition coefficient (Wildman–Crippen LogP) is 5.25. The van der Waals surface area contributed by atoms with Gasteiger partial charge in [-0.15, -0.1) is 0 Å². The van der Waals surface area contributed by atoms with E-state index in [2.05, 4.69) is 38.1 Å². The summed E-state index contributed by atoms with van der Waals surface area (Å²) >= 11 is 3.37. The molecule has 1 heterocycles. The standard InChI is InChI=1S/C20H18BrN3O/c1-2-24(18-9-4-3-5-10-18)19-12-11-17(14-22-19)23-20(25)15-7-6-8-16(21)13-15/h3-14H,2H2,1H3,(H,23,25). The maximum absolute atomic E-state index is 12.3. The van der Waals surface area contributed by atoms with Gasteiger partial charge in [0, 0.05) is 22.3 Å². The van der Waals surface area contributed by atoms with E-state index in [0.717, 1.165) is 22.5 Å². The molecule has 3 rings (SSSR count). The minimum absolute atomic E-state index is 0.161. The molecular weight excluding hydrogens is 378 g/mol. The van der Waals surface area contributed by atoms with Gasteiger partial charge in [0.15, 0.2) is 0 Å². The minimum Gasteiger partial charge on any atom is -0.327 e. The molecule has 0 saturated carbocycles. The van der Waals surface area contributed by atoms with Gasteiger partial charge in [-0.3, -0.25) is 4.79 Å². The molecule has 4 nitrogen and oxygen atoms in total. The quantitative estimate of drug-likeness (QED) is 0.640. The highest BCUT2D eigenvalue weighted by molar-refractivity contribution is 9.10. The molecule has 0 saturated heterocycles. The number of rotatable bonds is 5. The van der Waals surface area contributed by atoms with Crippen molar-refractivity contribution in [2.24, 2.45) is 0 Å². The summed E-state index contributed by atoms with van der Waals surface area (Å²) in [5, 5.41) is 2.87. The first-order valence-corrected chi connectivity index (χ1v) is 8.82. The zero-order valence-corrected chi connectivity index (χ0v) is 15.4. The highest BCUT2D eigenvalue weighted by Gasteiger charge is 2.10. The van der Waals surface area contributed by atoms with Crippen molar-refractivity contribution in [1.82, 2.24) is 4.98 Å². The third-order valence-electron chi connectivity index (χ3n) is 3.75. The second kappa shape index (κ2) is 7.94. The Bertz CT molecular complexity index is 850. The van der Waals surface area contributed by atoms with Gasteiger partial charge in [-0.05, 0) is 49.4 Å². The number of aromatic nitrogens is 1. The van der Waals surface area contributed by atoms with Crippen LogP contribution in [0.25, 0.3) is 0 Å². The van der Waals surface area contributed by atoms with E-state index in [9.17, 15) is 4.79 Å². The summed E-state index contributed by atoms with van der Waals surface area (Å²) in [5.74, 6) is 0.681. The number of hydrogen-bond acceptors (Lipinski definition) is 3. The van der Waals surface area contributed by atoms with Crippen LogP contribution in [-0.2, 0) is 0 Å². The summed E-state index contributed by atoms with van der Waals surface area (Å²) in [6, 6.07) is 21.1. The van der Waals surface area contributed by atoms with Gasteiger partial charge in [-0.25, -0.2) is 4.98 Å².